The first-order valence-corrected chi connectivity index (χ1v) is 11.6. The van der Waals surface area contributed by atoms with Gasteiger partial charge in [0.25, 0.3) is 0 Å². The van der Waals surface area contributed by atoms with Crippen LogP contribution in [0.1, 0.15) is 124 Å². The molecule has 0 fully saturated rings. The van der Waals surface area contributed by atoms with Gasteiger partial charge in [0.15, 0.2) is 0 Å². The Balaban J connectivity index is -0.000000905. The fourth-order valence-corrected chi connectivity index (χ4v) is 3.02. The minimum Gasteiger partial charge on any atom is -0.539 e. The van der Waals surface area contributed by atoms with Gasteiger partial charge in [-0.25, -0.2) is 11.1 Å². The molecule has 0 aromatic carbocycles. The second-order valence-corrected chi connectivity index (χ2v) is 8.92. The van der Waals surface area contributed by atoms with Crippen LogP contribution in [0.4, 0.5) is 0 Å². The molecule has 2 atom stereocenters. The van der Waals surface area contributed by atoms with Gasteiger partial charge in [0.05, 0.1) is 0 Å². The summed E-state index contributed by atoms with van der Waals surface area (Å²) in [5.41, 5.74) is -1.23. The molecule has 0 aromatic rings. The van der Waals surface area contributed by atoms with Gasteiger partial charge >= 0.3 is 35.5 Å². The van der Waals surface area contributed by atoms with Gasteiger partial charge in [-0.1, -0.05) is 111 Å². The number of hydrogen-bond donors (Lipinski definition) is 3. The SMILES string of the molecule is CC(C)CCCCCCCCCCCCCCCC(C)(O)[C-]=O.CC(O)C(=O)O.[Na+]. The number of aliphatic hydroxyl groups excluding tert-OH is 1. The zero-order valence-electron chi connectivity index (χ0n) is 20.4. The van der Waals surface area contributed by atoms with Crippen molar-refractivity contribution in [3.05, 3.63) is 0 Å². The van der Waals surface area contributed by atoms with Crippen LogP contribution in [0.3, 0.4) is 0 Å². The van der Waals surface area contributed by atoms with Gasteiger partial charge in [-0.15, -0.1) is 0 Å². The van der Waals surface area contributed by atoms with E-state index < -0.39 is 17.7 Å². The Hall–Kier alpha value is 0.0600. The number of hydrogen-bond acceptors (Lipinski definition) is 4. The van der Waals surface area contributed by atoms with Crippen molar-refractivity contribution in [2.24, 2.45) is 5.92 Å². The molecule has 30 heavy (non-hydrogen) atoms. The van der Waals surface area contributed by atoms with Crippen LogP contribution >= 0.6 is 0 Å². The third kappa shape index (κ3) is 30.3. The minimum absolute atomic E-state index is 0. The van der Waals surface area contributed by atoms with Crippen molar-refractivity contribution in [3.8, 4) is 0 Å². The fraction of sp³-hybridized carbons (Fsp3) is 0.917. The first kappa shape index (κ1) is 34.7. The van der Waals surface area contributed by atoms with Crippen molar-refractivity contribution >= 4 is 12.3 Å². The third-order valence-electron chi connectivity index (χ3n) is 5.02. The van der Waals surface area contributed by atoms with E-state index >= 15 is 0 Å². The Bertz CT molecular complexity index is 384. The van der Waals surface area contributed by atoms with Crippen LogP contribution in [-0.4, -0.2) is 39.3 Å². The van der Waals surface area contributed by atoms with Gasteiger partial charge in [0.2, 0.25) is 0 Å². The smallest absolute Gasteiger partial charge is 0.539 e. The zero-order chi connectivity index (χ0) is 22.5. The van der Waals surface area contributed by atoms with E-state index in [4.69, 9.17) is 10.2 Å². The molecule has 0 bridgehead atoms. The molecular formula is C24H47NaO5. The molecule has 0 saturated carbocycles. The van der Waals surface area contributed by atoms with Crippen molar-refractivity contribution in [1.82, 2.24) is 0 Å². The number of rotatable bonds is 18. The third-order valence-corrected chi connectivity index (χ3v) is 5.02. The predicted molar refractivity (Wildman–Crippen MR) is 120 cm³/mol. The zero-order valence-corrected chi connectivity index (χ0v) is 22.4. The molecular weight excluding hydrogens is 391 g/mol. The van der Waals surface area contributed by atoms with Gasteiger partial charge in [-0.2, -0.15) is 0 Å². The van der Waals surface area contributed by atoms with Gasteiger partial charge < -0.3 is 20.1 Å². The Kier molecular flexibility index (Phi) is 27.4. The largest absolute Gasteiger partial charge is 1.00 e. The Morgan fingerprint density at radius 2 is 1.10 bits per heavy atom. The van der Waals surface area contributed by atoms with E-state index in [9.17, 15) is 14.7 Å². The van der Waals surface area contributed by atoms with Crippen LogP contribution in [0.5, 0.6) is 0 Å². The summed E-state index contributed by atoms with van der Waals surface area (Å²) in [6, 6.07) is 0. The Labute approximate surface area is 207 Å². The maximum absolute atomic E-state index is 10.4. The van der Waals surface area contributed by atoms with Crippen molar-refractivity contribution in [2.75, 3.05) is 0 Å². The normalized spacial score (nSPS) is 13.6. The van der Waals surface area contributed by atoms with Crippen molar-refractivity contribution in [3.63, 3.8) is 0 Å². The summed E-state index contributed by atoms with van der Waals surface area (Å²) in [5.74, 6) is -0.318. The van der Waals surface area contributed by atoms with E-state index in [2.05, 4.69) is 13.8 Å². The van der Waals surface area contributed by atoms with E-state index in [1.807, 2.05) is 0 Å². The van der Waals surface area contributed by atoms with Crippen LogP contribution in [0.2, 0.25) is 0 Å². The molecule has 3 N–H and O–H groups in total. The fourth-order valence-electron chi connectivity index (χ4n) is 3.02. The van der Waals surface area contributed by atoms with E-state index in [0.29, 0.717) is 6.42 Å². The van der Waals surface area contributed by atoms with Crippen LogP contribution in [0.15, 0.2) is 0 Å². The summed E-state index contributed by atoms with van der Waals surface area (Å²) in [7, 11) is 0. The van der Waals surface area contributed by atoms with Crippen LogP contribution in [-0.2, 0) is 9.59 Å². The van der Waals surface area contributed by atoms with Gasteiger partial charge in [0.1, 0.15) is 6.10 Å². The van der Waals surface area contributed by atoms with E-state index in [0.717, 1.165) is 18.8 Å². The molecule has 6 heteroatoms. The second kappa shape index (κ2) is 23.7. The predicted octanol–water partition coefficient (Wildman–Crippen LogP) is 2.81. The maximum atomic E-state index is 10.4. The Morgan fingerprint density at radius 1 is 0.800 bits per heavy atom. The summed E-state index contributed by atoms with van der Waals surface area (Å²) < 4.78 is 0. The quantitative estimate of drug-likeness (QED) is 0.174. The molecule has 0 rings (SSSR count). The van der Waals surface area contributed by atoms with Gasteiger partial charge in [0, 0.05) is 0 Å². The summed E-state index contributed by atoms with van der Waals surface area (Å²) in [5, 5.41) is 25.3. The monoisotopic (exact) mass is 438 g/mol. The number of carboxylic acids is 1. The molecule has 0 saturated heterocycles. The molecule has 0 radical (unpaired) electrons. The van der Waals surface area contributed by atoms with Crippen molar-refractivity contribution < 1.29 is 54.5 Å². The number of aliphatic carboxylic acids is 1. The molecule has 174 valence electrons. The number of carboxylic acid groups (broad SMARTS) is 1. The minimum atomic E-state index is -1.23. The maximum Gasteiger partial charge on any atom is 1.00 e. The molecule has 2 unspecified atom stereocenters. The first-order chi connectivity index (χ1) is 13.6. The van der Waals surface area contributed by atoms with Gasteiger partial charge in [-0.3, -0.25) is 0 Å². The van der Waals surface area contributed by atoms with Crippen LogP contribution in [0, 0.1) is 5.92 Å². The molecule has 0 heterocycles. The van der Waals surface area contributed by atoms with E-state index in [1.165, 1.54) is 84.0 Å². The van der Waals surface area contributed by atoms with Crippen LogP contribution < -0.4 is 29.6 Å². The average molecular weight is 439 g/mol. The molecule has 0 aliphatic heterocycles. The summed E-state index contributed by atoms with van der Waals surface area (Å²) in [6.07, 6.45) is 19.6. The van der Waals surface area contributed by atoms with Crippen LogP contribution in [0.25, 0.3) is 0 Å². The molecule has 0 spiro atoms. The molecule has 0 aliphatic carbocycles. The van der Waals surface area contributed by atoms with E-state index in [1.54, 1.807) is 13.2 Å². The molecule has 0 amide bonds. The van der Waals surface area contributed by atoms with Crippen molar-refractivity contribution in [2.45, 2.75) is 136 Å². The van der Waals surface area contributed by atoms with Crippen molar-refractivity contribution in [1.29, 1.82) is 0 Å². The number of aliphatic hydroxyl groups is 2. The topological polar surface area (TPSA) is 94.8 Å². The summed E-state index contributed by atoms with van der Waals surface area (Å²) in [4.78, 5) is 19.9. The second-order valence-electron chi connectivity index (χ2n) is 8.92. The summed E-state index contributed by atoms with van der Waals surface area (Å²) in [6.45, 7) is 7.37. The number of carbonyl (C=O) groups is 1. The van der Waals surface area contributed by atoms with E-state index in [-0.39, 0.29) is 29.6 Å². The molecule has 5 nitrogen and oxygen atoms in total. The first-order valence-electron chi connectivity index (χ1n) is 11.6. The number of carbonyl (C=O) groups excluding carboxylic acids is 1. The summed E-state index contributed by atoms with van der Waals surface area (Å²) >= 11 is 0. The number of unbranched alkanes of at least 4 members (excludes halogenated alkanes) is 12. The standard InChI is InChI=1S/C21H41O2.C3H6O3.Na/c1-20(2)17-15-13-11-9-7-5-4-6-8-10-12-14-16-18-21(3,23)19-22;1-2(4)3(5)6;/h20,23H,4-18H2,1-3H3;2,4H,1H3,(H,5,6);/q-1;;+1. The van der Waals surface area contributed by atoms with Gasteiger partial charge in [-0.05, 0) is 24.9 Å². The molecule has 0 aromatic heterocycles. The average Bonchev–Trinajstić information content (AvgIpc) is 2.65. The Morgan fingerprint density at radius 3 is 1.37 bits per heavy atom. The molecule has 0 aliphatic rings.